The third-order valence-electron chi connectivity index (χ3n) is 4.38. The predicted molar refractivity (Wildman–Crippen MR) is 116 cm³/mol. The van der Waals surface area contributed by atoms with Gasteiger partial charge < -0.3 is 5.32 Å². The number of hydrogen-bond acceptors (Lipinski definition) is 7. The molecule has 0 spiro atoms. The van der Waals surface area contributed by atoms with Gasteiger partial charge in [0.2, 0.25) is 5.91 Å². The average molecular weight is 423 g/mol. The summed E-state index contributed by atoms with van der Waals surface area (Å²) in [7, 11) is 0. The number of rotatable bonds is 6. The van der Waals surface area contributed by atoms with Crippen LogP contribution in [0, 0.1) is 13.8 Å². The largest absolute Gasteiger partial charge is 0.301 e. The summed E-state index contributed by atoms with van der Waals surface area (Å²) in [5, 5.41) is 14.6. The normalized spacial score (nSPS) is 10.8. The number of amides is 1. The number of aromatic nitrogens is 5. The summed E-state index contributed by atoms with van der Waals surface area (Å²) in [6.07, 6.45) is 5.14. The van der Waals surface area contributed by atoms with E-state index in [1.807, 2.05) is 34.2 Å². The van der Waals surface area contributed by atoms with E-state index in [0.29, 0.717) is 16.1 Å². The Hall–Kier alpha value is -3.04. The Morgan fingerprint density at radius 3 is 2.83 bits per heavy atom. The molecule has 0 unspecified atom stereocenters. The lowest BCUT2D eigenvalue weighted by molar-refractivity contribution is -0.113. The van der Waals surface area contributed by atoms with Gasteiger partial charge in [0, 0.05) is 29.5 Å². The van der Waals surface area contributed by atoms with E-state index in [1.54, 1.807) is 18.6 Å². The van der Waals surface area contributed by atoms with Gasteiger partial charge >= 0.3 is 0 Å². The third kappa shape index (κ3) is 4.20. The Morgan fingerprint density at radius 2 is 2.07 bits per heavy atom. The number of aryl methyl sites for hydroxylation is 1. The van der Waals surface area contributed by atoms with Crippen molar-refractivity contribution in [1.82, 2.24) is 24.7 Å². The summed E-state index contributed by atoms with van der Waals surface area (Å²) in [4.78, 5) is 20.6. The average Bonchev–Trinajstić information content (AvgIpc) is 3.39. The molecule has 0 atom stereocenters. The molecule has 7 nitrogen and oxygen atoms in total. The zero-order chi connectivity index (χ0) is 20.2. The number of pyridine rings is 1. The zero-order valence-corrected chi connectivity index (χ0v) is 17.5. The number of carbonyl (C=O) groups excluding carboxylic acids is 1. The molecule has 0 aliphatic heterocycles. The molecule has 0 radical (unpaired) electrons. The molecule has 0 bridgehead atoms. The van der Waals surface area contributed by atoms with Crippen LogP contribution in [0.3, 0.4) is 0 Å². The van der Waals surface area contributed by atoms with Gasteiger partial charge in [-0.25, -0.2) is 4.98 Å². The quantitative estimate of drug-likeness (QED) is 0.470. The highest BCUT2D eigenvalue weighted by molar-refractivity contribution is 7.99. The lowest BCUT2D eigenvalue weighted by atomic mass is 10.1. The van der Waals surface area contributed by atoms with Crippen LogP contribution in [-0.2, 0) is 4.79 Å². The van der Waals surface area contributed by atoms with Crippen molar-refractivity contribution >= 4 is 34.1 Å². The van der Waals surface area contributed by atoms with E-state index >= 15 is 0 Å². The smallest absolute Gasteiger partial charge is 0.236 e. The van der Waals surface area contributed by atoms with Gasteiger partial charge in [-0.05, 0) is 43.2 Å². The minimum Gasteiger partial charge on any atom is -0.301 e. The summed E-state index contributed by atoms with van der Waals surface area (Å²) >= 11 is 2.72. The van der Waals surface area contributed by atoms with Crippen LogP contribution >= 0.6 is 23.1 Å². The molecular formula is C20H18N6OS2. The van der Waals surface area contributed by atoms with Crippen molar-refractivity contribution in [3.8, 4) is 17.1 Å². The molecular weight excluding hydrogens is 404 g/mol. The van der Waals surface area contributed by atoms with Crippen LogP contribution in [0.5, 0.6) is 0 Å². The van der Waals surface area contributed by atoms with Gasteiger partial charge in [0.25, 0.3) is 0 Å². The molecule has 29 heavy (non-hydrogen) atoms. The number of nitrogens with one attached hydrogen (secondary N) is 1. The lowest BCUT2D eigenvalue weighted by Crippen LogP contribution is -2.14. The van der Waals surface area contributed by atoms with Gasteiger partial charge in [0.05, 0.1) is 11.4 Å². The Morgan fingerprint density at radius 1 is 1.17 bits per heavy atom. The molecule has 0 saturated heterocycles. The van der Waals surface area contributed by atoms with Crippen LogP contribution in [0.4, 0.5) is 5.13 Å². The summed E-state index contributed by atoms with van der Waals surface area (Å²) in [5.74, 6) is 0.758. The Labute approximate surface area is 176 Å². The van der Waals surface area contributed by atoms with Crippen molar-refractivity contribution in [3.05, 3.63) is 65.4 Å². The maximum absolute atomic E-state index is 12.3. The molecule has 3 aromatic heterocycles. The molecule has 0 saturated carbocycles. The Balaban J connectivity index is 1.68. The molecule has 0 fully saturated rings. The highest BCUT2D eigenvalue weighted by Gasteiger charge is 2.19. The Bertz CT molecular complexity index is 1130. The number of nitrogens with zero attached hydrogens (tertiary/aromatic N) is 5. The fourth-order valence-corrected chi connectivity index (χ4v) is 4.10. The van der Waals surface area contributed by atoms with Gasteiger partial charge in [-0.15, -0.1) is 21.5 Å². The second-order valence-corrected chi connectivity index (χ2v) is 8.11. The fraction of sp³-hybridized carbons (Fsp3) is 0.150. The van der Waals surface area contributed by atoms with Gasteiger partial charge in [-0.1, -0.05) is 23.9 Å². The summed E-state index contributed by atoms with van der Waals surface area (Å²) in [6.45, 7) is 4.14. The van der Waals surface area contributed by atoms with Crippen molar-refractivity contribution in [2.24, 2.45) is 0 Å². The van der Waals surface area contributed by atoms with Crippen LogP contribution < -0.4 is 5.32 Å². The van der Waals surface area contributed by atoms with E-state index < -0.39 is 0 Å². The first kappa shape index (κ1) is 19.3. The monoisotopic (exact) mass is 422 g/mol. The molecule has 3 heterocycles. The molecule has 1 N–H and O–H groups in total. The number of hydrogen-bond donors (Lipinski definition) is 1. The molecule has 4 rings (SSSR count). The van der Waals surface area contributed by atoms with E-state index in [-0.39, 0.29) is 11.7 Å². The topological polar surface area (TPSA) is 85.6 Å². The molecule has 1 aromatic carbocycles. The zero-order valence-electron chi connectivity index (χ0n) is 15.9. The van der Waals surface area contributed by atoms with E-state index in [1.165, 1.54) is 28.7 Å². The van der Waals surface area contributed by atoms with Crippen molar-refractivity contribution in [2.45, 2.75) is 19.0 Å². The molecule has 0 aliphatic rings. The van der Waals surface area contributed by atoms with Gasteiger partial charge in [-0.3, -0.25) is 14.3 Å². The van der Waals surface area contributed by atoms with Crippen LogP contribution in [-0.4, -0.2) is 36.4 Å². The van der Waals surface area contributed by atoms with Crippen molar-refractivity contribution < 1.29 is 4.79 Å². The van der Waals surface area contributed by atoms with E-state index in [9.17, 15) is 4.79 Å². The first-order chi connectivity index (χ1) is 14.1. The molecule has 9 heteroatoms. The number of benzene rings is 1. The van der Waals surface area contributed by atoms with Crippen molar-refractivity contribution in [2.75, 3.05) is 11.1 Å². The second kappa shape index (κ2) is 8.54. The minimum absolute atomic E-state index is 0.136. The van der Waals surface area contributed by atoms with E-state index in [4.69, 9.17) is 0 Å². The fourth-order valence-electron chi connectivity index (χ4n) is 2.81. The van der Waals surface area contributed by atoms with Gasteiger partial charge in [-0.2, -0.15) is 0 Å². The number of thiazole rings is 1. The molecule has 146 valence electrons. The standard InChI is InChI=1S/C20H18N6OS2/c1-13-5-3-7-16(14(13)2)26-18(15-6-4-8-21-11-15)24-25-20(26)29-12-17(27)23-19-22-9-10-28-19/h3-11H,12H2,1-2H3,(H,22,23,27). The van der Waals surface area contributed by atoms with Crippen molar-refractivity contribution in [1.29, 1.82) is 0 Å². The number of carbonyl (C=O) groups is 1. The first-order valence-corrected chi connectivity index (χ1v) is 10.7. The SMILES string of the molecule is Cc1cccc(-n2c(SCC(=O)Nc3nccs3)nnc2-c2cccnc2)c1C. The Kier molecular flexibility index (Phi) is 5.68. The third-order valence-corrected chi connectivity index (χ3v) is 6.00. The summed E-state index contributed by atoms with van der Waals surface area (Å²) < 4.78 is 1.99. The summed E-state index contributed by atoms with van der Waals surface area (Å²) in [6, 6.07) is 9.93. The first-order valence-electron chi connectivity index (χ1n) is 8.88. The van der Waals surface area contributed by atoms with Crippen LogP contribution in [0.15, 0.2) is 59.5 Å². The van der Waals surface area contributed by atoms with Crippen molar-refractivity contribution in [3.63, 3.8) is 0 Å². The number of thioether (sulfide) groups is 1. The van der Waals surface area contributed by atoms with E-state index in [0.717, 1.165) is 16.8 Å². The van der Waals surface area contributed by atoms with Gasteiger partial charge in [0.1, 0.15) is 0 Å². The second-order valence-electron chi connectivity index (χ2n) is 6.28. The summed E-state index contributed by atoms with van der Waals surface area (Å²) in [5.41, 5.74) is 4.15. The predicted octanol–water partition coefficient (Wildman–Crippen LogP) is 4.13. The van der Waals surface area contributed by atoms with E-state index in [2.05, 4.69) is 45.4 Å². The molecule has 4 aromatic rings. The maximum Gasteiger partial charge on any atom is 0.236 e. The highest BCUT2D eigenvalue weighted by Crippen LogP contribution is 2.30. The van der Waals surface area contributed by atoms with Crippen LogP contribution in [0.2, 0.25) is 0 Å². The number of anilines is 1. The van der Waals surface area contributed by atoms with Gasteiger partial charge in [0.15, 0.2) is 16.1 Å². The highest BCUT2D eigenvalue weighted by atomic mass is 32.2. The lowest BCUT2D eigenvalue weighted by Gasteiger charge is -2.14. The molecule has 0 aliphatic carbocycles. The van der Waals surface area contributed by atoms with Crippen LogP contribution in [0.25, 0.3) is 17.1 Å². The minimum atomic E-state index is -0.136. The molecule has 1 amide bonds. The maximum atomic E-state index is 12.3. The van der Waals surface area contributed by atoms with Crippen LogP contribution in [0.1, 0.15) is 11.1 Å².